The topological polar surface area (TPSA) is 73.6 Å². The van der Waals surface area contributed by atoms with E-state index in [2.05, 4.69) is 22.4 Å². The monoisotopic (exact) mass is 378 g/mol. The number of fused-ring (bicyclic) bond motifs is 1. The van der Waals surface area contributed by atoms with Crippen molar-refractivity contribution in [1.29, 1.82) is 0 Å². The molecule has 2 aromatic carbocycles. The largest absolute Gasteiger partial charge is 0.454 e. The third kappa shape index (κ3) is 4.17. The molecule has 1 amide bonds. The van der Waals surface area contributed by atoms with Crippen molar-refractivity contribution in [3.8, 4) is 23.0 Å². The summed E-state index contributed by atoms with van der Waals surface area (Å²) in [6.07, 6.45) is 2.04. The molecule has 0 atom stereocenters. The predicted octanol–water partition coefficient (Wildman–Crippen LogP) is 3.67. The van der Waals surface area contributed by atoms with Crippen molar-refractivity contribution in [2.24, 2.45) is 0 Å². The summed E-state index contributed by atoms with van der Waals surface area (Å²) in [5.41, 5.74) is 2.72. The molecule has 1 aromatic heterocycles. The van der Waals surface area contributed by atoms with Gasteiger partial charge in [0.15, 0.2) is 11.5 Å². The van der Waals surface area contributed by atoms with Crippen LogP contribution in [0.25, 0.3) is 11.5 Å². The predicted molar refractivity (Wildman–Crippen MR) is 104 cm³/mol. The summed E-state index contributed by atoms with van der Waals surface area (Å²) in [7, 11) is 0. The minimum atomic E-state index is -0.0540. The minimum Gasteiger partial charge on any atom is -0.454 e. The van der Waals surface area contributed by atoms with Crippen LogP contribution in [0, 0.1) is 6.92 Å². The lowest BCUT2D eigenvalue weighted by Gasteiger charge is -2.04. The van der Waals surface area contributed by atoms with Gasteiger partial charge in [-0.05, 0) is 43.5 Å². The Morgan fingerprint density at radius 1 is 1.11 bits per heavy atom. The number of ether oxygens (including phenoxy) is 2. The van der Waals surface area contributed by atoms with Gasteiger partial charge >= 0.3 is 0 Å². The van der Waals surface area contributed by atoms with E-state index < -0.39 is 0 Å². The molecule has 28 heavy (non-hydrogen) atoms. The molecule has 6 nitrogen and oxygen atoms in total. The number of hydrogen-bond acceptors (Lipinski definition) is 5. The van der Waals surface area contributed by atoms with Gasteiger partial charge in [-0.2, -0.15) is 0 Å². The van der Waals surface area contributed by atoms with Crippen LogP contribution in [0.4, 0.5) is 0 Å². The SMILES string of the molecule is Cc1oc(-c2ccc3c(c2)OCO3)nc1CC(=O)NCCCc1ccccc1. The zero-order chi connectivity index (χ0) is 19.3. The van der Waals surface area contributed by atoms with Crippen LogP contribution >= 0.6 is 0 Å². The second kappa shape index (κ2) is 8.17. The van der Waals surface area contributed by atoms with Gasteiger partial charge in [-0.15, -0.1) is 0 Å². The molecule has 1 N–H and O–H groups in total. The van der Waals surface area contributed by atoms with E-state index in [4.69, 9.17) is 13.9 Å². The number of nitrogens with one attached hydrogen (secondary N) is 1. The third-order valence-corrected chi connectivity index (χ3v) is 4.65. The Hall–Kier alpha value is -3.28. The average Bonchev–Trinajstić information content (AvgIpc) is 3.32. The highest BCUT2D eigenvalue weighted by atomic mass is 16.7. The highest BCUT2D eigenvalue weighted by Gasteiger charge is 2.18. The molecule has 1 aliphatic heterocycles. The summed E-state index contributed by atoms with van der Waals surface area (Å²) >= 11 is 0. The minimum absolute atomic E-state index is 0.0540. The molecule has 0 aliphatic carbocycles. The first-order chi connectivity index (χ1) is 13.7. The highest BCUT2D eigenvalue weighted by molar-refractivity contribution is 5.78. The van der Waals surface area contributed by atoms with Crippen LogP contribution in [0.5, 0.6) is 11.5 Å². The van der Waals surface area contributed by atoms with Crippen molar-refractivity contribution in [1.82, 2.24) is 10.3 Å². The lowest BCUT2D eigenvalue weighted by Crippen LogP contribution is -2.26. The smallest absolute Gasteiger partial charge is 0.231 e. The summed E-state index contributed by atoms with van der Waals surface area (Å²) in [6, 6.07) is 15.8. The summed E-state index contributed by atoms with van der Waals surface area (Å²) in [5.74, 6) is 2.45. The number of amides is 1. The molecule has 0 radical (unpaired) electrons. The third-order valence-electron chi connectivity index (χ3n) is 4.65. The first-order valence-electron chi connectivity index (χ1n) is 9.36. The lowest BCUT2D eigenvalue weighted by molar-refractivity contribution is -0.120. The number of carbonyl (C=O) groups is 1. The molecule has 0 spiro atoms. The second-order valence-corrected chi connectivity index (χ2v) is 6.71. The van der Waals surface area contributed by atoms with Crippen molar-refractivity contribution >= 4 is 5.91 Å². The molecular formula is C22H22N2O4. The second-order valence-electron chi connectivity index (χ2n) is 6.71. The molecule has 0 bridgehead atoms. The van der Waals surface area contributed by atoms with Gasteiger partial charge in [0.05, 0.1) is 12.1 Å². The number of oxazole rings is 1. The van der Waals surface area contributed by atoms with Gasteiger partial charge in [0.2, 0.25) is 18.6 Å². The van der Waals surface area contributed by atoms with Gasteiger partial charge < -0.3 is 19.2 Å². The zero-order valence-corrected chi connectivity index (χ0v) is 15.7. The highest BCUT2D eigenvalue weighted by Crippen LogP contribution is 2.36. The van der Waals surface area contributed by atoms with Crippen molar-refractivity contribution in [3.05, 3.63) is 65.5 Å². The van der Waals surface area contributed by atoms with E-state index in [1.807, 2.05) is 43.3 Å². The van der Waals surface area contributed by atoms with Crippen LogP contribution in [0.3, 0.4) is 0 Å². The van der Waals surface area contributed by atoms with Gasteiger partial charge in [0.25, 0.3) is 0 Å². The standard InChI is InChI=1S/C22H22N2O4/c1-15-18(13-21(25)23-11-5-8-16-6-3-2-4-7-16)24-22(28-15)17-9-10-19-20(12-17)27-14-26-19/h2-4,6-7,9-10,12H,5,8,11,13-14H2,1H3,(H,23,25). The first-order valence-corrected chi connectivity index (χ1v) is 9.36. The lowest BCUT2D eigenvalue weighted by atomic mass is 10.1. The van der Waals surface area contributed by atoms with Crippen molar-refractivity contribution in [2.45, 2.75) is 26.2 Å². The molecule has 6 heteroatoms. The van der Waals surface area contributed by atoms with E-state index in [1.165, 1.54) is 5.56 Å². The molecule has 0 saturated carbocycles. The summed E-state index contributed by atoms with van der Waals surface area (Å²) in [6.45, 7) is 2.68. The fourth-order valence-corrected chi connectivity index (χ4v) is 3.12. The van der Waals surface area contributed by atoms with Crippen molar-refractivity contribution in [3.63, 3.8) is 0 Å². The number of rotatable bonds is 7. The molecule has 0 fully saturated rings. The quantitative estimate of drug-likeness (QED) is 0.635. The molecule has 1 aliphatic rings. The van der Waals surface area contributed by atoms with Gasteiger partial charge in [-0.1, -0.05) is 30.3 Å². The maximum Gasteiger partial charge on any atom is 0.231 e. The zero-order valence-electron chi connectivity index (χ0n) is 15.7. The number of hydrogen-bond donors (Lipinski definition) is 1. The fourth-order valence-electron chi connectivity index (χ4n) is 3.12. The number of aryl methyl sites for hydroxylation is 2. The van der Waals surface area contributed by atoms with Crippen LogP contribution < -0.4 is 14.8 Å². The van der Waals surface area contributed by atoms with Gasteiger partial charge in [0, 0.05) is 12.1 Å². The Balaban J connectivity index is 1.32. The first kappa shape index (κ1) is 18.1. The van der Waals surface area contributed by atoms with Gasteiger partial charge in [0.1, 0.15) is 5.76 Å². The van der Waals surface area contributed by atoms with Gasteiger partial charge in [-0.3, -0.25) is 4.79 Å². The van der Waals surface area contributed by atoms with Crippen LogP contribution in [0.15, 0.2) is 52.9 Å². The van der Waals surface area contributed by atoms with E-state index in [1.54, 1.807) is 0 Å². The number of aromatic nitrogens is 1. The average molecular weight is 378 g/mol. The summed E-state index contributed by atoms with van der Waals surface area (Å²) < 4.78 is 16.5. The van der Waals surface area contributed by atoms with E-state index in [-0.39, 0.29) is 19.1 Å². The normalized spacial score (nSPS) is 12.2. The molecular weight excluding hydrogens is 356 g/mol. The molecule has 2 heterocycles. The fraction of sp³-hybridized carbons (Fsp3) is 0.273. The van der Waals surface area contributed by atoms with Crippen LogP contribution in [-0.2, 0) is 17.6 Å². The maximum atomic E-state index is 12.2. The molecule has 4 rings (SSSR count). The maximum absolute atomic E-state index is 12.2. The Kier molecular flexibility index (Phi) is 5.28. The number of nitrogens with zero attached hydrogens (tertiary/aromatic N) is 1. The Morgan fingerprint density at radius 3 is 2.79 bits per heavy atom. The van der Waals surface area contributed by atoms with Gasteiger partial charge in [-0.25, -0.2) is 4.98 Å². The Labute approximate surface area is 163 Å². The molecule has 3 aromatic rings. The van der Waals surface area contributed by atoms with Crippen LogP contribution in [0.1, 0.15) is 23.4 Å². The summed E-state index contributed by atoms with van der Waals surface area (Å²) in [4.78, 5) is 16.7. The molecule has 0 unspecified atom stereocenters. The van der Waals surface area contributed by atoms with Crippen LogP contribution in [-0.4, -0.2) is 24.2 Å². The number of carbonyl (C=O) groups excluding carboxylic acids is 1. The Bertz CT molecular complexity index is 966. The van der Waals surface area contributed by atoms with E-state index in [0.717, 1.165) is 18.4 Å². The molecule has 0 saturated heterocycles. The van der Waals surface area contributed by atoms with E-state index in [0.29, 0.717) is 35.4 Å². The van der Waals surface area contributed by atoms with Crippen molar-refractivity contribution < 1.29 is 18.7 Å². The van der Waals surface area contributed by atoms with E-state index in [9.17, 15) is 4.79 Å². The van der Waals surface area contributed by atoms with Crippen LogP contribution in [0.2, 0.25) is 0 Å². The van der Waals surface area contributed by atoms with E-state index >= 15 is 0 Å². The number of benzene rings is 2. The van der Waals surface area contributed by atoms with Crippen molar-refractivity contribution in [2.75, 3.05) is 13.3 Å². The Morgan fingerprint density at radius 2 is 1.93 bits per heavy atom. The summed E-state index contributed by atoms with van der Waals surface area (Å²) in [5, 5.41) is 2.95. The molecule has 144 valence electrons.